The molecule has 6 heteroatoms. The van der Waals surface area contributed by atoms with Crippen molar-refractivity contribution in [1.82, 2.24) is 4.90 Å². The fraction of sp³-hybridized carbons (Fsp3) is 0.474. The van der Waals surface area contributed by atoms with Crippen LogP contribution in [-0.2, 0) is 14.3 Å². The minimum Gasteiger partial charge on any atom is -0.378 e. The van der Waals surface area contributed by atoms with Gasteiger partial charge in [0, 0.05) is 30.9 Å². The summed E-state index contributed by atoms with van der Waals surface area (Å²) in [4.78, 5) is 25.7. The highest BCUT2D eigenvalue weighted by Gasteiger charge is 2.26. The van der Waals surface area contributed by atoms with E-state index in [1.165, 1.54) is 18.9 Å². The van der Waals surface area contributed by atoms with Crippen LogP contribution in [0.25, 0.3) is 0 Å². The van der Waals surface area contributed by atoms with Crippen molar-refractivity contribution in [3.63, 3.8) is 0 Å². The fourth-order valence-corrected chi connectivity index (χ4v) is 2.73. The number of hydrogen-bond acceptors (Lipinski definition) is 4. The Bertz CT molecular complexity index is 625. The van der Waals surface area contributed by atoms with Crippen LogP contribution < -0.4 is 5.32 Å². The van der Waals surface area contributed by atoms with Gasteiger partial charge >= 0.3 is 0 Å². The second-order valence-corrected chi connectivity index (χ2v) is 6.50. The lowest BCUT2D eigenvalue weighted by atomic mass is 10.1. The lowest BCUT2D eigenvalue weighted by molar-refractivity contribution is -0.111. The van der Waals surface area contributed by atoms with E-state index in [4.69, 9.17) is 9.47 Å². The van der Waals surface area contributed by atoms with Crippen molar-refractivity contribution >= 4 is 17.5 Å². The van der Waals surface area contributed by atoms with Gasteiger partial charge in [0.2, 0.25) is 5.91 Å². The van der Waals surface area contributed by atoms with Crippen LogP contribution in [0.4, 0.5) is 5.69 Å². The molecular formula is C19H24N2O4. The molecule has 0 bridgehead atoms. The van der Waals surface area contributed by atoms with E-state index in [1.54, 1.807) is 29.2 Å². The zero-order chi connectivity index (χ0) is 17.6. The second kappa shape index (κ2) is 8.27. The average molecular weight is 344 g/mol. The molecule has 6 nitrogen and oxygen atoms in total. The lowest BCUT2D eigenvalue weighted by Crippen LogP contribution is -2.47. The number of carbonyl (C=O) groups is 2. The molecule has 1 heterocycles. The van der Waals surface area contributed by atoms with Crippen molar-refractivity contribution < 1.29 is 19.1 Å². The van der Waals surface area contributed by atoms with Crippen molar-refractivity contribution in [2.24, 2.45) is 5.92 Å². The smallest absolute Gasteiger partial charge is 0.254 e. The third kappa shape index (κ3) is 5.14. The van der Waals surface area contributed by atoms with Gasteiger partial charge < -0.3 is 19.7 Å². The van der Waals surface area contributed by atoms with Gasteiger partial charge in [0.25, 0.3) is 5.91 Å². The van der Waals surface area contributed by atoms with Gasteiger partial charge in [-0.3, -0.25) is 9.59 Å². The molecule has 1 unspecified atom stereocenters. The van der Waals surface area contributed by atoms with Gasteiger partial charge in [0.1, 0.15) is 0 Å². The van der Waals surface area contributed by atoms with E-state index in [2.05, 4.69) is 11.9 Å². The molecule has 1 aromatic rings. The van der Waals surface area contributed by atoms with Crippen LogP contribution in [0.1, 0.15) is 23.2 Å². The monoisotopic (exact) mass is 344 g/mol. The topological polar surface area (TPSA) is 67.9 Å². The number of nitrogens with one attached hydrogen (secondary N) is 1. The fourth-order valence-electron chi connectivity index (χ4n) is 2.73. The third-order valence-electron chi connectivity index (χ3n) is 4.36. The predicted molar refractivity (Wildman–Crippen MR) is 94.5 cm³/mol. The van der Waals surface area contributed by atoms with E-state index < -0.39 is 0 Å². The SMILES string of the molecule is C=CC(=O)Nc1ccc(C(=O)N2CCOC(COCC3CC3)C2)cc1. The highest BCUT2D eigenvalue weighted by molar-refractivity contribution is 5.99. The molecule has 1 saturated carbocycles. The van der Waals surface area contributed by atoms with Gasteiger partial charge in [-0.15, -0.1) is 0 Å². The molecule has 0 radical (unpaired) electrons. The Morgan fingerprint density at radius 2 is 2.04 bits per heavy atom. The Morgan fingerprint density at radius 3 is 2.72 bits per heavy atom. The molecule has 0 spiro atoms. The molecule has 1 saturated heterocycles. The maximum atomic E-state index is 12.7. The molecule has 2 fully saturated rings. The maximum Gasteiger partial charge on any atom is 0.254 e. The van der Waals surface area contributed by atoms with E-state index >= 15 is 0 Å². The molecule has 2 aliphatic rings. The average Bonchev–Trinajstić information content (AvgIpc) is 3.46. The summed E-state index contributed by atoms with van der Waals surface area (Å²) in [6, 6.07) is 6.86. The molecule has 1 aliphatic heterocycles. The summed E-state index contributed by atoms with van der Waals surface area (Å²) < 4.78 is 11.4. The quantitative estimate of drug-likeness (QED) is 0.769. The summed E-state index contributed by atoms with van der Waals surface area (Å²) in [6.07, 6.45) is 3.67. The molecule has 1 aliphatic carbocycles. The van der Waals surface area contributed by atoms with E-state index in [9.17, 15) is 9.59 Å². The first-order valence-corrected chi connectivity index (χ1v) is 8.68. The van der Waals surface area contributed by atoms with E-state index in [0.29, 0.717) is 37.6 Å². The Kier molecular flexibility index (Phi) is 5.83. The van der Waals surface area contributed by atoms with E-state index in [1.807, 2.05) is 0 Å². The molecule has 1 N–H and O–H groups in total. The number of nitrogens with zero attached hydrogens (tertiary/aromatic N) is 1. The van der Waals surface area contributed by atoms with Crippen LogP contribution in [0.5, 0.6) is 0 Å². The Labute approximate surface area is 147 Å². The molecule has 3 rings (SSSR count). The standard InChI is InChI=1S/C19H24N2O4/c1-2-18(22)20-16-7-5-15(6-8-16)19(23)21-9-10-25-17(11-21)13-24-12-14-3-4-14/h2,5-8,14,17H,1,3-4,9-13H2,(H,20,22). The van der Waals surface area contributed by atoms with Gasteiger partial charge in [-0.05, 0) is 49.1 Å². The summed E-state index contributed by atoms with van der Waals surface area (Å²) in [6.45, 7) is 6.38. The number of ether oxygens (including phenoxy) is 2. The third-order valence-corrected chi connectivity index (χ3v) is 4.36. The summed E-state index contributed by atoms with van der Waals surface area (Å²) in [5, 5.41) is 2.66. The summed E-state index contributed by atoms with van der Waals surface area (Å²) in [5.41, 5.74) is 1.23. The first kappa shape index (κ1) is 17.6. The van der Waals surface area contributed by atoms with Crippen molar-refractivity contribution in [2.75, 3.05) is 38.2 Å². The van der Waals surface area contributed by atoms with E-state index in [-0.39, 0.29) is 17.9 Å². The number of carbonyl (C=O) groups excluding carboxylic acids is 2. The van der Waals surface area contributed by atoms with Gasteiger partial charge in [-0.2, -0.15) is 0 Å². The van der Waals surface area contributed by atoms with Crippen LogP contribution in [0, 0.1) is 5.92 Å². The summed E-state index contributed by atoms with van der Waals surface area (Å²) in [5.74, 6) is 0.416. The second-order valence-electron chi connectivity index (χ2n) is 6.50. The normalized spacial score (nSPS) is 20.2. The number of morpholine rings is 1. The van der Waals surface area contributed by atoms with Gasteiger partial charge in [0.15, 0.2) is 0 Å². The van der Waals surface area contributed by atoms with Crippen molar-refractivity contribution in [3.8, 4) is 0 Å². The zero-order valence-electron chi connectivity index (χ0n) is 14.3. The number of hydrogen-bond donors (Lipinski definition) is 1. The van der Waals surface area contributed by atoms with Crippen LogP contribution in [-0.4, -0.2) is 55.7 Å². The highest BCUT2D eigenvalue weighted by atomic mass is 16.5. The molecule has 25 heavy (non-hydrogen) atoms. The van der Waals surface area contributed by atoms with Gasteiger partial charge in [-0.1, -0.05) is 6.58 Å². The molecule has 1 atom stereocenters. The van der Waals surface area contributed by atoms with E-state index in [0.717, 1.165) is 12.5 Å². The lowest BCUT2D eigenvalue weighted by Gasteiger charge is -2.33. The first-order valence-electron chi connectivity index (χ1n) is 8.68. The minimum absolute atomic E-state index is 0.0305. The molecule has 2 amide bonds. The summed E-state index contributed by atoms with van der Waals surface area (Å²) in [7, 11) is 0. The molecule has 1 aromatic carbocycles. The number of anilines is 1. The van der Waals surface area contributed by atoms with Gasteiger partial charge in [0.05, 0.1) is 19.3 Å². The Balaban J connectivity index is 1.52. The Hall–Kier alpha value is -2.18. The first-order chi connectivity index (χ1) is 12.2. The number of amides is 2. The Morgan fingerprint density at radius 1 is 1.28 bits per heavy atom. The largest absolute Gasteiger partial charge is 0.378 e. The highest BCUT2D eigenvalue weighted by Crippen LogP contribution is 2.28. The van der Waals surface area contributed by atoms with Crippen LogP contribution in [0.15, 0.2) is 36.9 Å². The van der Waals surface area contributed by atoms with Gasteiger partial charge in [-0.25, -0.2) is 0 Å². The number of rotatable bonds is 7. The molecule has 134 valence electrons. The molecule has 0 aromatic heterocycles. The predicted octanol–water partition coefficient (Wildman–Crippen LogP) is 2.08. The zero-order valence-corrected chi connectivity index (χ0v) is 14.3. The van der Waals surface area contributed by atoms with Crippen LogP contribution in [0.2, 0.25) is 0 Å². The van der Waals surface area contributed by atoms with Crippen LogP contribution in [0.3, 0.4) is 0 Å². The minimum atomic E-state index is -0.277. The van der Waals surface area contributed by atoms with Crippen molar-refractivity contribution in [2.45, 2.75) is 18.9 Å². The maximum absolute atomic E-state index is 12.7. The van der Waals surface area contributed by atoms with Crippen molar-refractivity contribution in [1.29, 1.82) is 0 Å². The number of benzene rings is 1. The van der Waals surface area contributed by atoms with Crippen molar-refractivity contribution in [3.05, 3.63) is 42.5 Å². The summed E-state index contributed by atoms with van der Waals surface area (Å²) >= 11 is 0. The molecular weight excluding hydrogens is 320 g/mol. The van der Waals surface area contributed by atoms with Crippen LogP contribution >= 0.6 is 0 Å².